The zero-order valence-electron chi connectivity index (χ0n) is 14.5. The molecule has 0 fully saturated rings. The van der Waals surface area contributed by atoms with E-state index in [0.29, 0.717) is 22.7 Å². The van der Waals surface area contributed by atoms with E-state index in [4.69, 9.17) is 14.7 Å². The van der Waals surface area contributed by atoms with Crippen LogP contribution in [0.3, 0.4) is 0 Å². The van der Waals surface area contributed by atoms with Crippen molar-refractivity contribution >= 4 is 17.5 Å². The van der Waals surface area contributed by atoms with Crippen LogP contribution >= 0.6 is 0 Å². The second-order valence-corrected chi connectivity index (χ2v) is 5.37. The van der Waals surface area contributed by atoms with Crippen LogP contribution in [0.1, 0.15) is 22.3 Å². The number of hydrogen-bond acceptors (Lipinski definition) is 5. The van der Waals surface area contributed by atoms with Crippen molar-refractivity contribution in [3.8, 4) is 17.6 Å². The molecule has 0 aromatic heterocycles. The number of carbonyl (C=O) groups excluding carboxylic acids is 2. The van der Waals surface area contributed by atoms with Crippen molar-refractivity contribution in [2.24, 2.45) is 0 Å². The van der Waals surface area contributed by atoms with Crippen LogP contribution in [0.2, 0.25) is 0 Å². The lowest BCUT2D eigenvalue weighted by atomic mass is 10.1. The van der Waals surface area contributed by atoms with Gasteiger partial charge in [-0.15, -0.1) is 0 Å². The molecule has 0 atom stereocenters. The Balaban J connectivity index is 2.09. The van der Waals surface area contributed by atoms with E-state index in [1.54, 1.807) is 42.5 Å². The van der Waals surface area contributed by atoms with E-state index in [2.05, 4.69) is 10.6 Å². The number of nitrogens with one attached hydrogen (secondary N) is 2. The highest BCUT2D eigenvalue weighted by Crippen LogP contribution is 2.23. The van der Waals surface area contributed by atoms with Crippen LogP contribution in [0.25, 0.3) is 0 Å². The third kappa shape index (κ3) is 5.24. The topological polar surface area (TPSA) is 100 Å². The third-order valence-corrected chi connectivity index (χ3v) is 3.53. The summed E-state index contributed by atoms with van der Waals surface area (Å²) in [6, 6.07) is 13.8. The molecule has 7 heteroatoms. The number of ether oxygens (including phenoxy) is 2. The Morgan fingerprint density at radius 1 is 1.08 bits per heavy atom. The predicted molar refractivity (Wildman–Crippen MR) is 96.0 cm³/mol. The summed E-state index contributed by atoms with van der Waals surface area (Å²) < 4.78 is 10.3. The lowest BCUT2D eigenvalue weighted by molar-refractivity contribution is -0.120. The fourth-order valence-corrected chi connectivity index (χ4v) is 2.24. The highest BCUT2D eigenvalue weighted by atomic mass is 16.5. The van der Waals surface area contributed by atoms with Crippen LogP contribution < -0.4 is 20.1 Å². The smallest absolute Gasteiger partial charge is 0.255 e. The summed E-state index contributed by atoms with van der Waals surface area (Å²) >= 11 is 0. The van der Waals surface area contributed by atoms with Gasteiger partial charge in [0.25, 0.3) is 5.91 Å². The molecule has 2 rings (SSSR count). The van der Waals surface area contributed by atoms with Gasteiger partial charge in [0.1, 0.15) is 17.9 Å². The second kappa shape index (κ2) is 9.08. The average Bonchev–Trinajstić information content (AvgIpc) is 2.66. The first kappa shape index (κ1) is 18.8. The molecule has 26 heavy (non-hydrogen) atoms. The largest absolute Gasteiger partial charge is 0.497 e. The van der Waals surface area contributed by atoms with Crippen molar-refractivity contribution in [2.45, 2.75) is 13.0 Å². The monoisotopic (exact) mass is 353 g/mol. The minimum Gasteiger partial charge on any atom is -0.497 e. The van der Waals surface area contributed by atoms with E-state index >= 15 is 0 Å². The highest BCUT2D eigenvalue weighted by Gasteiger charge is 2.11. The van der Waals surface area contributed by atoms with Crippen molar-refractivity contribution in [1.29, 1.82) is 5.26 Å². The van der Waals surface area contributed by atoms with Gasteiger partial charge in [-0.3, -0.25) is 9.59 Å². The molecule has 134 valence electrons. The number of anilines is 1. The zero-order chi connectivity index (χ0) is 18.9. The Morgan fingerprint density at radius 3 is 2.38 bits per heavy atom. The molecular weight excluding hydrogens is 334 g/mol. The van der Waals surface area contributed by atoms with Gasteiger partial charge in [-0.05, 0) is 29.8 Å². The predicted octanol–water partition coefficient (Wildman–Crippen LogP) is 2.49. The van der Waals surface area contributed by atoms with Crippen molar-refractivity contribution in [3.05, 3.63) is 53.6 Å². The van der Waals surface area contributed by atoms with Gasteiger partial charge in [0, 0.05) is 23.9 Å². The number of hydrogen-bond donors (Lipinski definition) is 2. The van der Waals surface area contributed by atoms with E-state index in [1.165, 1.54) is 14.2 Å². The van der Waals surface area contributed by atoms with Gasteiger partial charge in [-0.1, -0.05) is 12.1 Å². The van der Waals surface area contributed by atoms with E-state index in [-0.39, 0.29) is 24.8 Å². The molecule has 0 saturated heterocycles. The molecule has 0 spiro atoms. The number of benzene rings is 2. The summed E-state index contributed by atoms with van der Waals surface area (Å²) in [5.74, 6) is 0.380. The van der Waals surface area contributed by atoms with Crippen molar-refractivity contribution in [1.82, 2.24) is 5.32 Å². The Kier molecular flexibility index (Phi) is 6.57. The minimum absolute atomic E-state index is 0.186. The molecule has 0 saturated carbocycles. The molecule has 2 aromatic carbocycles. The maximum Gasteiger partial charge on any atom is 0.255 e. The van der Waals surface area contributed by atoms with Gasteiger partial charge in [-0.25, -0.2) is 0 Å². The number of carbonyl (C=O) groups is 2. The number of rotatable bonds is 7. The number of methoxy groups -OCH3 is 2. The van der Waals surface area contributed by atoms with Crippen LogP contribution in [0.4, 0.5) is 5.69 Å². The first-order valence-corrected chi connectivity index (χ1v) is 7.82. The lowest BCUT2D eigenvalue weighted by Gasteiger charge is -2.10. The zero-order valence-corrected chi connectivity index (χ0v) is 14.5. The van der Waals surface area contributed by atoms with E-state index in [9.17, 15) is 9.59 Å². The van der Waals surface area contributed by atoms with Gasteiger partial charge >= 0.3 is 0 Å². The Bertz CT molecular complexity index is 821. The van der Waals surface area contributed by atoms with Crippen LogP contribution in [0.15, 0.2) is 42.5 Å². The number of amides is 2. The Hall–Kier alpha value is -3.53. The van der Waals surface area contributed by atoms with Crippen molar-refractivity contribution in [3.63, 3.8) is 0 Å². The SMILES string of the molecule is COc1cc(OC)cc(C(=O)Nc2cccc(CNC(=O)CC#N)c2)c1. The van der Waals surface area contributed by atoms with E-state index in [0.717, 1.165) is 5.56 Å². The van der Waals surface area contributed by atoms with Gasteiger partial charge in [0.15, 0.2) is 0 Å². The highest BCUT2D eigenvalue weighted by molar-refractivity contribution is 6.04. The Labute approximate surface area is 151 Å². The van der Waals surface area contributed by atoms with Crippen LogP contribution in [0.5, 0.6) is 11.5 Å². The number of nitriles is 1. The first-order chi connectivity index (χ1) is 12.5. The molecule has 0 aliphatic rings. The maximum absolute atomic E-state index is 12.5. The summed E-state index contributed by atoms with van der Waals surface area (Å²) in [5, 5.41) is 13.9. The van der Waals surface area contributed by atoms with Crippen LogP contribution in [0, 0.1) is 11.3 Å². The summed E-state index contributed by atoms with van der Waals surface area (Å²) in [7, 11) is 3.03. The molecule has 2 N–H and O–H groups in total. The fourth-order valence-electron chi connectivity index (χ4n) is 2.24. The maximum atomic E-state index is 12.5. The van der Waals surface area contributed by atoms with Crippen molar-refractivity contribution < 1.29 is 19.1 Å². The van der Waals surface area contributed by atoms with E-state index in [1.807, 2.05) is 6.07 Å². The normalized spacial score (nSPS) is 9.73. The molecule has 2 aromatic rings. The quantitative estimate of drug-likeness (QED) is 0.796. The van der Waals surface area contributed by atoms with Gasteiger partial charge < -0.3 is 20.1 Å². The second-order valence-electron chi connectivity index (χ2n) is 5.37. The molecule has 0 heterocycles. The fraction of sp³-hybridized carbons (Fsp3) is 0.211. The molecule has 0 unspecified atom stereocenters. The molecule has 0 bridgehead atoms. The summed E-state index contributed by atoms with van der Waals surface area (Å²) in [6.45, 7) is 0.275. The van der Waals surface area contributed by atoms with E-state index < -0.39 is 0 Å². The van der Waals surface area contributed by atoms with Gasteiger partial charge in [-0.2, -0.15) is 5.26 Å². The average molecular weight is 353 g/mol. The van der Waals surface area contributed by atoms with Crippen LogP contribution in [-0.2, 0) is 11.3 Å². The first-order valence-electron chi connectivity index (χ1n) is 7.82. The molecule has 0 aliphatic carbocycles. The molecular formula is C19H19N3O4. The molecule has 2 amide bonds. The summed E-state index contributed by atoms with van der Waals surface area (Å²) in [6.07, 6.45) is -0.186. The molecule has 0 aliphatic heterocycles. The number of nitrogens with zero attached hydrogens (tertiary/aromatic N) is 1. The standard InChI is InChI=1S/C19H19N3O4/c1-25-16-9-14(10-17(11-16)26-2)19(24)22-15-5-3-4-13(8-15)12-21-18(23)6-7-20/h3-5,8-11H,6,12H2,1-2H3,(H,21,23)(H,22,24). The molecule has 7 nitrogen and oxygen atoms in total. The minimum atomic E-state index is -0.342. The molecule has 0 radical (unpaired) electrons. The van der Waals surface area contributed by atoms with Gasteiger partial charge in [0.2, 0.25) is 5.91 Å². The third-order valence-electron chi connectivity index (χ3n) is 3.53. The summed E-state index contributed by atoms with van der Waals surface area (Å²) in [4.78, 5) is 23.8. The van der Waals surface area contributed by atoms with Crippen LogP contribution in [-0.4, -0.2) is 26.0 Å². The Morgan fingerprint density at radius 2 is 1.77 bits per heavy atom. The van der Waals surface area contributed by atoms with Crippen molar-refractivity contribution in [2.75, 3.05) is 19.5 Å². The summed E-state index contributed by atoms with van der Waals surface area (Å²) in [5.41, 5.74) is 1.79. The van der Waals surface area contributed by atoms with Gasteiger partial charge in [0.05, 0.1) is 20.3 Å². The lowest BCUT2D eigenvalue weighted by Crippen LogP contribution is -2.22.